The van der Waals surface area contributed by atoms with E-state index >= 15 is 0 Å². The lowest BCUT2D eigenvalue weighted by atomic mass is 10.0. The fraction of sp³-hybridized carbons (Fsp3) is 0.643. The quantitative estimate of drug-likeness (QED) is 0.869. The van der Waals surface area contributed by atoms with Crippen molar-refractivity contribution in [3.8, 4) is 0 Å². The molecule has 1 unspecified atom stereocenters. The molecule has 0 aromatic carbocycles. The first-order chi connectivity index (χ1) is 8.25. The lowest BCUT2D eigenvalue weighted by Crippen LogP contribution is -2.32. The molecule has 3 rings (SSSR count). The third-order valence-electron chi connectivity index (χ3n) is 3.87. The van der Waals surface area contributed by atoms with Gasteiger partial charge in [0.05, 0.1) is 5.60 Å². The van der Waals surface area contributed by atoms with Crippen molar-refractivity contribution in [2.45, 2.75) is 44.6 Å². The minimum atomic E-state index is 0.000689. The molecule has 0 radical (unpaired) electrons. The number of hydrogen-bond donors (Lipinski definition) is 1. The van der Waals surface area contributed by atoms with Crippen molar-refractivity contribution < 1.29 is 4.74 Å². The van der Waals surface area contributed by atoms with Crippen molar-refractivity contribution in [3.63, 3.8) is 0 Å². The Morgan fingerprint density at radius 2 is 2.29 bits per heavy atom. The van der Waals surface area contributed by atoms with Crippen molar-refractivity contribution in [2.24, 2.45) is 0 Å². The summed E-state index contributed by atoms with van der Waals surface area (Å²) in [5, 5.41) is 3.42. The van der Waals surface area contributed by atoms with Gasteiger partial charge < -0.3 is 10.1 Å². The van der Waals surface area contributed by atoms with Crippen LogP contribution in [0.5, 0.6) is 0 Å². The first-order valence-corrected chi connectivity index (χ1v) is 6.62. The number of aryl methyl sites for hydroxylation is 2. The first kappa shape index (κ1) is 11.0. The summed E-state index contributed by atoms with van der Waals surface area (Å²) in [7, 11) is 0. The number of fused-ring (bicyclic) bond motifs is 1. The molecule has 1 aliphatic carbocycles. The largest absolute Gasteiger partial charge is 0.373 e. The third-order valence-corrected chi connectivity index (χ3v) is 3.87. The summed E-state index contributed by atoms with van der Waals surface area (Å²) >= 11 is 0. The molecule has 3 nitrogen and oxygen atoms in total. The molecular weight excluding hydrogens is 212 g/mol. The van der Waals surface area contributed by atoms with Gasteiger partial charge in [-0.15, -0.1) is 0 Å². The van der Waals surface area contributed by atoms with Gasteiger partial charge in [0, 0.05) is 18.8 Å². The van der Waals surface area contributed by atoms with E-state index in [2.05, 4.69) is 29.4 Å². The van der Waals surface area contributed by atoms with Gasteiger partial charge in [0.2, 0.25) is 0 Å². The molecular formula is C14H20N2O. The van der Waals surface area contributed by atoms with Crippen molar-refractivity contribution in [2.75, 3.05) is 18.5 Å². The zero-order valence-electron chi connectivity index (χ0n) is 10.5. The summed E-state index contributed by atoms with van der Waals surface area (Å²) in [5.74, 6) is 1.00. The zero-order chi connectivity index (χ0) is 11.7. The Morgan fingerprint density at radius 3 is 3.12 bits per heavy atom. The maximum absolute atomic E-state index is 5.76. The minimum absolute atomic E-state index is 0.000689. The highest BCUT2D eigenvalue weighted by Crippen LogP contribution is 2.26. The maximum Gasteiger partial charge on any atom is 0.126 e. The average Bonchev–Trinajstić information content (AvgIpc) is 2.95. The molecule has 1 aromatic heterocycles. The highest BCUT2D eigenvalue weighted by molar-refractivity contribution is 5.40. The van der Waals surface area contributed by atoms with Gasteiger partial charge in [0.1, 0.15) is 5.82 Å². The van der Waals surface area contributed by atoms with E-state index in [1.54, 1.807) is 0 Å². The van der Waals surface area contributed by atoms with Crippen LogP contribution in [0.1, 0.15) is 37.4 Å². The summed E-state index contributed by atoms with van der Waals surface area (Å²) < 4.78 is 5.76. The van der Waals surface area contributed by atoms with Gasteiger partial charge in [0.25, 0.3) is 0 Å². The van der Waals surface area contributed by atoms with Crippen LogP contribution in [-0.2, 0) is 17.6 Å². The Hall–Kier alpha value is -1.09. The predicted molar refractivity (Wildman–Crippen MR) is 68.3 cm³/mol. The van der Waals surface area contributed by atoms with E-state index in [1.165, 1.54) is 30.5 Å². The van der Waals surface area contributed by atoms with Crippen LogP contribution >= 0.6 is 0 Å². The molecule has 0 amide bonds. The smallest absolute Gasteiger partial charge is 0.126 e. The zero-order valence-corrected chi connectivity index (χ0v) is 10.5. The highest BCUT2D eigenvalue weighted by Gasteiger charge is 2.29. The van der Waals surface area contributed by atoms with E-state index in [9.17, 15) is 0 Å². The molecule has 1 N–H and O–H groups in total. The lowest BCUT2D eigenvalue weighted by Gasteiger charge is -2.23. The van der Waals surface area contributed by atoms with E-state index < -0.39 is 0 Å². The van der Waals surface area contributed by atoms with Crippen LogP contribution in [0.25, 0.3) is 0 Å². The number of nitrogens with one attached hydrogen (secondary N) is 1. The fourth-order valence-electron chi connectivity index (χ4n) is 2.77. The fourth-order valence-corrected chi connectivity index (χ4v) is 2.77. The SMILES string of the molecule is CC1(CNc2ccc3c(n2)CCC3)CCCO1. The molecule has 3 heteroatoms. The average molecular weight is 232 g/mol. The van der Waals surface area contributed by atoms with Gasteiger partial charge in [-0.05, 0) is 50.7 Å². The number of rotatable bonds is 3. The standard InChI is InChI=1S/C14H20N2O/c1-14(8-3-9-17-14)10-15-13-7-6-11-4-2-5-12(11)16-13/h6-7H,2-5,8-10H2,1H3,(H,15,16). The van der Waals surface area contributed by atoms with Crippen LogP contribution in [-0.4, -0.2) is 23.7 Å². The maximum atomic E-state index is 5.76. The van der Waals surface area contributed by atoms with Gasteiger partial charge in [0.15, 0.2) is 0 Å². The van der Waals surface area contributed by atoms with Crippen LogP contribution in [0.4, 0.5) is 5.82 Å². The van der Waals surface area contributed by atoms with Crippen molar-refractivity contribution >= 4 is 5.82 Å². The molecule has 1 aliphatic heterocycles. The summed E-state index contributed by atoms with van der Waals surface area (Å²) in [5.41, 5.74) is 2.71. The Morgan fingerprint density at radius 1 is 1.35 bits per heavy atom. The van der Waals surface area contributed by atoms with Crippen LogP contribution in [0.2, 0.25) is 0 Å². The number of aromatic nitrogens is 1. The molecule has 1 saturated heterocycles. The molecule has 0 spiro atoms. The molecule has 2 aliphatic rings. The molecule has 0 bridgehead atoms. The van der Waals surface area contributed by atoms with Crippen LogP contribution in [0.15, 0.2) is 12.1 Å². The summed E-state index contributed by atoms with van der Waals surface area (Å²) in [6, 6.07) is 4.32. The molecule has 1 aromatic rings. The molecule has 17 heavy (non-hydrogen) atoms. The molecule has 92 valence electrons. The number of pyridine rings is 1. The molecule has 1 fully saturated rings. The number of anilines is 1. The van der Waals surface area contributed by atoms with Gasteiger partial charge in [-0.25, -0.2) is 4.98 Å². The van der Waals surface area contributed by atoms with Gasteiger partial charge >= 0.3 is 0 Å². The van der Waals surface area contributed by atoms with E-state index in [4.69, 9.17) is 4.74 Å². The third kappa shape index (κ3) is 2.29. The van der Waals surface area contributed by atoms with Crippen LogP contribution < -0.4 is 5.32 Å². The van der Waals surface area contributed by atoms with Crippen LogP contribution in [0.3, 0.4) is 0 Å². The van der Waals surface area contributed by atoms with Crippen molar-refractivity contribution in [1.29, 1.82) is 0 Å². The normalized spacial score (nSPS) is 27.1. The van der Waals surface area contributed by atoms with E-state index in [0.29, 0.717) is 0 Å². The Bertz CT molecular complexity index is 411. The van der Waals surface area contributed by atoms with Crippen LogP contribution in [0, 0.1) is 0 Å². The Labute approximate surface area is 103 Å². The molecule has 0 saturated carbocycles. The monoisotopic (exact) mass is 232 g/mol. The van der Waals surface area contributed by atoms with Crippen molar-refractivity contribution in [3.05, 3.63) is 23.4 Å². The summed E-state index contributed by atoms with van der Waals surface area (Å²) in [4.78, 5) is 4.68. The van der Waals surface area contributed by atoms with E-state index in [1.807, 2.05) is 0 Å². The van der Waals surface area contributed by atoms with Gasteiger partial charge in [-0.2, -0.15) is 0 Å². The lowest BCUT2D eigenvalue weighted by molar-refractivity contribution is 0.0315. The molecule has 2 heterocycles. The number of nitrogens with zero attached hydrogens (tertiary/aromatic N) is 1. The number of ether oxygens (including phenoxy) is 1. The number of hydrogen-bond acceptors (Lipinski definition) is 3. The second kappa shape index (κ2) is 4.30. The highest BCUT2D eigenvalue weighted by atomic mass is 16.5. The predicted octanol–water partition coefficient (Wildman–Crippen LogP) is 2.55. The van der Waals surface area contributed by atoms with Gasteiger partial charge in [-0.1, -0.05) is 6.07 Å². The summed E-state index contributed by atoms with van der Waals surface area (Å²) in [6.45, 7) is 3.94. The van der Waals surface area contributed by atoms with Gasteiger partial charge in [-0.3, -0.25) is 0 Å². The second-order valence-corrected chi connectivity index (χ2v) is 5.41. The van der Waals surface area contributed by atoms with Crippen molar-refractivity contribution in [1.82, 2.24) is 4.98 Å². The minimum Gasteiger partial charge on any atom is -0.373 e. The topological polar surface area (TPSA) is 34.2 Å². The Balaban J connectivity index is 1.65. The molecule has 1 atom stereocenters. The Kier molecular flexibility index (Phi) is 2.79. The van der Waals surface area contributed by atoms with E-state index in [0.717, 1.165) is 31.8 Å². The first-order valence-electron chi connectivity index (χ1n) is 6.62. The van der Waals surface area contributed by atoms with E-state index in [-0.39, 0.29) is 5.60 Å². The second-order valence-electron chi connectivity index (χ2n) is 5.41. The summed E-state index contributed by atoms with van der Waals surface area (Å²) in [6.07, 6.45) is 5.91.